The lowest BCUT2D eigenvalue weighted by atomic mass is 10.0. The molecule has 2 aromatic heterocycles. The number of unbranched alkanes of at least 4 members (excludes halogenated alkanes) is 3. The summed E-state index contributed by atoms with van der Waals surface area (Å²) in [5, 5.41) is 10.0. The number of imide groups is 2. The van der Waals surface area contributed by atoms with Crippen molar-refractivity contribution in [2.45, 2.75) is 51.1 Å². The third-order valence-corrected chi connectivity index (χ3v) is 7.76. The number of rotatable bonds is 11. The summed E-state index contributed by atoms with van der Waals surface area (Å²) in [4.78, 5) is 59.8. The summed E-state index contributed by atoms with van der Waals surface area (Å²) in [6, 6.07) is 9.69. The van der Waals surface area contributed by atoms with Crippen LogP contribution in [0.25, 0.3) is 22.3 Å². The summed E-state index contributed by atoms with van der Waals surface area (Å²) in [6.07, 6.45) is 9.74. The number of amides is 4. The molecule has 1 unspecified atom stereocenters. The van der Waals surface area contributed by atoms with Gasteiger partial charge in [0, 0.05) is 43.0 Å². The highest BCUT2D eigenvalue weighted by Crippen LogP contribution is 2.29. The standard InChI is InChI=1S/C31H31N7O5/c1-43-21-7-9-24-25(15-21)35-26(17-33-24)19-16-34-37(18-19)13-5-3-2-4-12-32-20-6-8-22-23(14-20)31(42)38(30(22)41)27-10-11-28(39)36-29(27)40/h6-9,14-18,27,32H,2-5,10-13H2,1H3,(H,36,39,40). The monoisotopic (exact) mass is 581 g/mol. The number of nitrogens with one attached hydrogen (secondary N) is 2. The normalized spacial score (nSPS) is 16.5. The number of nitrogens with zero attached hydrogens (tertiary/aromatic N) is 5. The fourth-order valence-corrected chi connectivity index (χ4v) is 5.44. The molecule has 0 bridgehead atoms. The van der Waals surface area contributed by atoms with E-state index >= 15 is 0 Å². The fourth-order valence-electron chi connectivity index (χ4n) is 5.44. The van der Waals surface area contributed by atoms with Gasteiger partial charge in [0.15, 0.2) is 0 Å². The van der Waals surface area contributed by atoms with Crippen molar-refractivity contribution in [2.24, 2.45) is 0 Å². The zero-order valence-corrected chi connectivity index (χ0v) is 23.7. The number of ether oxygens (including phenoxy) is 1. The van der Waals surface area contributed by atoms with Crippen LogP contribution >= 0.6 is 0 Å². The van der Waals surface area contributed by atoms with Crippen LogP contribution in [0.4, 0.5) is 5.69 Å². The Balaban J connectivity index is 0.947. The first-order chi connectivity index (χ1) is 20.9. The molecule has 1 atom stereocenters. The lowest BCUT2D eigenvalue weighted by Crippen LogP contribution is -2.54. The SMILES string of the molecule is COc1ccc2ncc(-c3cnn(CCCCCCNc4ccc5c(c4)C(=O)N(C4CCC(=O)NC4=O)C5=O)c3)nc2c1. The van der Waals surface area contributed by atoms with Crippen LogP contribution in [-0.2, 0) is 16.1 Å². The maximum absolute atomic E-state index is 13.0. The molecule has 4 aromatic rings. The molecule has 1 saturated heterocycles. The average Bonchev–Trinajstić information content (AvgIpc) is 3.58. The summed E-state index contributed by atoms with van der Waals surface area (Å²) in [5.41, 5.74) is 4.54. The molecule has 12 nitrogen and oxygen atoms in total. The van der Waals surface area contributed by atoms with Crippen LogP contribution in [0, 0.1) is 0 Å². The number of aromatic nitrogens is 4. The van der Waals surface area contributed by atoms with Crippen molar-refractivity contribution in [1.29, 1.82) is 0 Å². The average molecular weight is 582 g/mol. The second kappa shape index (κ2) is 12.0. The molecule has 12 heteroatoms. The lowest BCUT2D eigenvalue weighted by molar-refractivity contribution is -0.136. The molecule has 2 aromatic carbocycles. The van der Waals surface area contributed by atoms with Gasteiger partial charge in [-0.15, -0.1) is 0 Å². The molecule has 0 aliphatic carbocycles. The van der Waals surface area contributed by atoms with Crippen molar-refractivity contribution < 1.29 is 23.9 Å². The molecular formula is C31H31N7O5. The number of fused-ring (bicyclic) bond motifs is 2. The van der Waals surface area contributed by atoms with Gasteiger partial charge in [-0.3, -0.25) is 39.1 Å². The smallest absolute Gasteiger partial charge is 0.262 e. The van der Waals surface area contributed by atoms with Crippen LogP contribution < -0.4 is 15.4 Å². The van der Waals surface area contributed by atoms with E-state index in [0.29, 0.717) is 0 Å². The summed E-state index contributed by atoms with van der Waals surface area (Å²) in [5.74, 6) is -1.28. The van der Waals surface area contributed by atoms with E-state index in [1.165, 1.54) is 0 Å². The molecule has 0 spiro atoms. The molecule has 220 valence electrons. The van der Waals surface area contributed by atoms with E-state index in [1.54, 1.807) is 37.7 Å². The Kier molecular flexibility index (Phi) is 7.82. The van der Waals surface area contributed by atoms with E-state index in [0.717, 1.165) is 77.4 Å². The molecular weight excluding hydrogens is 550 g/mol. The van der Waals surface area contributed by atoms with E-state index in [-0.39, 0.29) is 24.0 Å². The predicted molar refractivity (Wildman–Crippen MR) is 157 cm³/mol. The van der Waals surface area contributed by atoms with E-state index in [1.807, 2.05) is 29.1 Å². The van der Waals surface area contributed by atoms with Gasteiger partial charge in [0.25, 0.3) is 11.8 Å². The second-order valence-electron chi connectivity index (χ2n) is 10.7. The van der Waals surface area contributed by atoms with Crippen LogP contribution in [0.3, 0.4) is 0 Å². The summed E-state index contributed by atoms with van der Waals surface area (Å²) >= 11 is 0. The number of anilines is 1. The van der Waals surface area contributed by atoms with Crippen molar-refractivity contribution in [3.05, 3.63) is 66.1 Å². The number of carbonyl (C=O) groups is 4. The van der Waals surface area contributed by atoms with Crippen LogP contribution in [0.15, 0.2) is 55.0 Å². The zero-order valence-electron chi connectivity index (χ0n) is 23.7. The lowest BCUT2D eigenvalue weighted by Gasteiger charge is -2.27. The maximum atomic E-state index is 13.0. The number of hydrogen-bond donors (Lipinski definition) is 2. The summed E-state index contributed by atoms with van der Waals surface area (Å²) in [7, 11) is 1.63. The fraction of sp³-hybridized carbons (Fsp3) is 0.323. The van der Waals surface area contributed by atoms with Crippen LogP contribution in [0.2, 0.25) is 0 Å². The van der Waals surface area contributed by atoms with E-state index in [2.05, 4.69) is 20.7 Å². The number of carbonyl (C=O) groups excluding carboxylic acids is 4. The van der Waals surface area contributed by atoms with E-state index < -0.39 is 29.7 Å². The minimum absolute atomic E-state index is 0.0937. The molecule has 2 aliphatic rings. The number of benzene rings is 2. The maximum Gasteiger partial charge on any atom is 0.262 e. The number of piperidine rings is 1. The molecule has 6 rings (SSSR count). The Morgan fingerprint density at radius 2 is 1.79 bits per heavy atom. The van der Waals surface area contributed by atoms with Crippen LogP contribution in [-0.4, -0.2) is 68.0 Å². The van der Waals surface area contributed by atoms with Crippen molar-refractivity contribution >= 4 is 40.3 Å². The molecule has 43 heavy (non-hydrogen) atoms. The minimum Gasteiger partial charge on any atom is -0.497 e. The molecule has 0 saturated carbocycles. The highest BCUT2D eigenvalue weighted by atomic mass is 16.5. The topological polar surface area (TPSA) is 148 Å². The Labute approximate surface area is 247 Å². The molecule has 1 fully saturated rings. The Bertz CT molecular complexity index is 1730. The zero-order chi connectivity index (χ0) is 29.9. The molecule has 0 radical (unpaired) electrons. The summed E-state index contributed by atoms with van der Waals surface area (Å²) < 4.78 is 7.22. The van der Waals surface area contributed by atoms with Gasteiger partial charge >= 0.3 is 0 Å². The second-order valence-corrected chi connectivity index (χ2v) is 10.7. The van der Waals surface area contributed by atoms with Gasteiger partial charge in [-0.1, -0.05) is 12.8 Å². The Morgan fingerprint density at radius 3 is 2.63 bits per heavy atom. The van der Waals surface area contributed by atoms with Crippen molar-refractivity contribution in [2.75, 3.05) is 19.0 Å². The number of aryl methyl sites for hydroxylation is 1. The van der Waals surface area contributed by atoms with Gasteiger partial charge in [0.2, 0.25) is 11.8 Å². The minimum atomic E-state index is -0.966. The highest BCUT2D eigenvalue weighted by Gasteiger charge is 2.44. The van der Waals surface area contributed by atoms with Crippen LogP contribution in [0.5, 0.6) is 5.75 Å². The summed E-state index contributed by atoms with van der Waals surface area (Å²) in [6.45, 7) is 1.52. The van der Waals surface area contributed by atoms with Crippen molar-refractivity contribution in [3.63, 3.8) is 0 Å². The third-order valence-electron chi connectivity index (χ3n) is 7.76. The highest BCUT2D eigenvalue weighted by molar-refractivity contribution is 6.23. The van der Waals surface area contributed by atoms with Gasteiger partial charge in [0.05, 0.1) is 47.4 Å². The van der Waals surface area contributed by atoms with Gasteiger partial charge in [-0.05, 0) is 49.6 Å². The number of hydrogen-bond acceptors (Lipinski definition) is 9. The first-order valence-corrected chi connectivity index (χ1v) is 14.3. The quantitative estimate of drug-likeness (QED) is 0.200. The van der Waals surface area contributed by atoms with E-state index in [4.69, 9.17) is 9.72 Å². The van der Waals surface area contributed by atoms with Crippen molar-refractivity contribution in [1.82, 2.24) is 30.0 Å². The Hall–Kier alpha value is -5.13. The molecule has 2 N–H and O–H groups in total. The first-order valence-electron chi connectivity index (χ1n) is 14.3. The third kappa shape index (κ3) is 5.81. The molecule has 2 aliphatic heterocycles. The number of methoxy groups -OCH3 is 1. The first kappa shape index (κ1) is 28.0. The van der Waals surface area contributed by atoms with Crippen molar-refractivity contribution in [3.8, 4) is 17.0 Å². The Morgan fingerprint density at radius 1 is 0.953 bits per heavy atom. The molecule has 4 amide bonds. The van der Waals surface area contributed by atoms with Crippen LogP contribution in [0.1, 0.15) is 59.2 Å². The van der Waals surface area contributed by atoms with Gasteiger partial charge in [0.1, 0.15) is 11.8 Å². The van der Waals surface area contributed by atoms with Gasteiger partial charge in [-0.25, -0.2) is 4.98 Å². The largest absolute Gasteiger partial charge is 0.497 e. The van der Waals surface area contributed by atoms with E-state index in [9.17, 15) is 19.2 Å². The molecule has 4 heterocycles. The predicted octanol–water partition coefficient (Wildman–Crippen LogP) is 3.58. The van der Waals surface area contributed by atoms with Gasteiger partial charge < -0.3 is 10.1 Å². The van der Waals surface area contributed by atoms with Gasteiger partial charge in [-0.2, -0.15) is 5.10 Å².